The Hall–Kier alpha value is -1.07. The lowest BCUT2D eigenvalue weighted by molar-refractivity contribution is 0.260. The first-order valence-corrected chi connectivity index (χ1v) is 8.43. The molecule has 106 valence electrons. The molecule has 1 saturated heterocycles. The van der Waals surface area contributed by atoms with Gasteiger partial charge in [-0.2, -0.15) is 0 Å². The van der Waals surface area contributed by atoms with Gasteiger partial charge in [0.2, 0.25) is 0 Å². The van der Waals surface area contributed by atoms with Gasteiger partial charge >= 0.3 is 0 Å². The van der Waals surface area contributed by atoms with Crippen molar-refractivity contribution in [3.63, 3.8) is 0 Å². The highest BCUT2D eigenvalue weighted by Gasteiger charge is 2.16. The van der Waals surface area contributed by atoms with Gasteiger partial charge in [-0.05, 0) is 43.7 Å². The third-order valence-electron chi connectivity index (χ3n) is 3.30. The molecule has 0 saturated carbocycles. The van der Waals surface area contributed by atoms with Gasteiger partial charge < -0.3 is 10.1 Å². The largest absolute Gasteiger partial charge is 0.493 e. The molecule has 1 aromatic rings. The van der Waals surface area contributed by atoms with Crippen molar-refractivity contribution in [2.75, 3.05) is 25.4 Å². The Balaban J connectivity index is 1.94. The summed E-state index contributed by atoms with van der Waals surface area (Å²) >= 11 is 0. The lowest BCUT2D eigenvalue weighted by Gasteiger charge is -2.11. The number of benzene rings is 1. The van der Waals surface area contributed by atoms with Gasteiger partial charge in [0.25, 0.3) is 0 Å². The second-order valence-electron chi connectivity index (χ2n) is 4.96. The predicted molar refractivity (Wildman–Crippen MR) is 75.3 cm³/mol. The molecule has 1 aromatic carbocycles. The van der Waals surface area contributed by atoms with Crippen molar-refractivity contribution in [2.45, 2.75) is 24.7 Å². The number of hydrogen-bond acceptors (Lipinski definition) is 4. The number of sulfone groups is 1. The van der Waals surface area contributed by atoms with Crippen LogP contribution < -0.4 is 10.1 Å². The van der Waals surface area contributed by atoms with Crippen LogP contribution in [-0.2, 0) is 9.84 Å². The van der Waals surface area contributed by atoms with Crippen molar-refractivity contribution in [3.05, 3.63) is 24.3 Å². The summed E-state index contributed by atoms with van der Waals surface area (Å²) in [6.07, 6.45) is 1.78. The lowest BCUT2D eigenvalue weighted by Crippen LogP contribution is -2.15. The van der Waals surface area contributed by atoms with Gasteiger partial charge in [-0.3, -0.25) is 0 Å². The van der Waals surface area contributed by atoms with Crippen LogP contribution in [0.5, 0.6) is 5.75 Å². The summed E-state index contributed by atoms with van der Waals surface area (Å²) in [5.74, 6) is 1.49. The van der Waals surface area contributed by atoms with Crippen LogP contribution in [0.25, 0.3) is 0 Å². The van der Waals surface area contributed by atoms with E-state index in [0.717, 1.165) is 25.3 Å². The molecule has 1 heterocycles. The fourth-order valence-electron chi connectivity index (χ4n) is 2.20. The summed E-state index contributed by atoms with van der Waals surface area (Å²) in [4.78, 5) is 0.379. The van der Waals surface area contributed by atoms with E-state index in [1.165, 1.54) is 0 Å². The molecule has 1 aliphatic rings. The molecule has 1 unspecified atom stereocenters. The molecule has 0 radical (unpaired) electrons. The van der Waals surface area contributed by atoms with E-state index in [-0.39, 0.29) is 5.75 Å². The van der Waals surface area contributed by atoms with E-state index in [1.807, 2.05) is 6.92 Å². The maximum atomic E-state index is 11.9. The molecular formula is C14H21NO3S. The van der Waals surface area contributed by atoms with Gasteiger partial charge in [-0.15, -0.1) is 0 Å². The van der Waals surface area contributed by atoms with E-state index in [9.17, 15) is 8.42 Å². The van der Waals surface area contributed by atoms with E-state index < -0.39 is 9.84 Å². The smallest absolute Gasteiger partial charge is 0.178 e. The molecule has 1 atom stereocenters. The predicted octanol–water partition coefficient (Wildman–Crippen LogP) is 1.86. The quantitative estimate of drug-likeness (QED) is 0.866. The molecule has 19 heavy (non-hydrogen) atoms. The van der Waals surface area contributed by atoms with E-state index in [4.69, 9.17) is 4.74 Å². The molecule has 0 bridgehead atoms. The minimum atomic E-state index is -3.12. The van der Waals surface area contributed by atoms with Gasteiger partial charge in [0.15, 0.2) is 9.84 Å². The molecule has 1 N–H and O–H groups in total. The van der Waals surface area contributed by atoms with Crippen molar-refractivity contribution in [1.29, 1.82) is 0 Å². The average molecular weight is 283 g/mol. The first-order chi connectivity index (χ1) is 9.12. The Morgan fingerprint density at radius 1 is 1.32 bits per heavy atom. The van der Waals surface area contributed by atoms with Crippen molar-refractivity contribution >= 4 is 9.84 Å². The molecule has 0 aromatic heterocycles. The Kier molecular flexibility index (Phi) is 4.82. The van der Waals surface area contributed by atoms with Crippen molar-refractivity contribution in [1.82, 2.24) is 5.32 Å². The van der Waals surface area contributed by atoms with E-state index in [1.54, 1.807) is 24.3 Å². The van der Waals surface area contributed by atoms with E-state index >= 15 is 0 Å². The molecule has 1 aliphatic heterocycles. The summed E-state index contributed by atoms with van der Waals surface area (Å²) in [6, 6.07) is 6.75. The zero-order chi connectivity index (χ0) is 13.7. The van der Waals surface area contributed by atoms with E-state index in [0.29, 0.717) is 23.8 Å². The van der Waals surface area contributed by atoms with Gasteiger partial charge in [-0.25, -0.2) is 8.42 Å². The summed E-state index contributed by atoms with van der Waals surface area (Å²) in [5, 5.41) is 3.29. The second-order valence-corrected chi connectivity index (χ2v) is 7.07. The maximum absolute atomic E-state index is 11.9. The molecule has 0 spiro atoms. The van der Waals surface area contributed by atoms with Crippen molar-refractivity contribution in [3.8, 4) is 5.75 Å². The minimum Gasteiger partial charge on any atom is -0.493 e. The van der Waals surface area contributed by atoms with Crippen LogP contribution in [0.4, 0.5) is 0 Å². The average Bonchev–Trinajstić information content (AvgIpc) is 2.90. The first-order valence-electron chi connectivity index (χ1n) is 6.78. The van der Waals surface area contributed by atoms with Crippen LogP contribution >= 0.6 is 0 Å². The van der Waals surface area contributed by atoms with Gasteiger partial charge in [-0.1, -0.05) is 6.92 Å². The lowest BCUT2D eigenvalue weighted by atomic mass is 10.1. The van der Waals surface area contributed by atoms with Crippen molar-refractivity contribution < 1.29 is 13.2 Å². The number of rotatable bonds is 6. The monoisotopic (exact) mass is 283 g/mol. The van der Waals surface area contributed by atoms with Crippen LogP contribution in [-0.4, -0.2) is 33.9 Å². The SMILES string of the molecule is CCCS(=O)(=O)c1ccc(OCC2CCNC2)cc1. The summed E-state index contributed by atoms with van der Waals surface area (Å²) in [6.45, 7) is 4.61. The molecular weight excluding hydrogens is 262 g/mol. The topological polar surface area (TPSA) is 55.4 Å². The maximum Gasteiger partial charge on any atom is 0.178 e. The Labute approximate surface area is 115 Å². The highest BCUT2D eigenvalue weighted by molar-refractivity contribution is 7.91. The van der Waals surface area contributed by atoms with E-state index in [2.05, 4.69) is 5.32 Å². The number of ether oxygens (including phenoxy) is 1. The van der Waals surface area contributed by atoms with Crippen LogP contribution in [0, 0.1) is 5.92 Å². The summed E-state index contributed by atoms with van der Waals surface area (Å²) in [7, 11) is -3.12. The standard InChI is InChI=1S/C14H21NO3S/c1-2-9-19(16,17)14-5-3-13(4-6-14)18-11-12-7-8-15-10-12/h3-6,12,15H,2,7-11H2,1H3. The van der Waals surface area contributed by atoms with Gasteiger partial charge in [0.1, 0.15) is 5.75 Å². The first kappa shape index (κ1) is 14.3. The van der Waals surface area contributed by atoms with Crippen LogP contribution in [0.2, 0.25) is 0 Å². The van der Waals surface area contributed by atoms with Gasteiger partial charge in [0.05, 0.1) is 17.3 Å². The van der Waals surface area contributed by atoms with Crippen LogP contribution in [0.3, 0.4) is 0 Å². The summed E-state index contributed by atoms with van der Waals surface area (Å²) in [5.41, 5.74) is 0. The zero-order valence-corrected chi connectivity index (χ0v) is 12.1. The molecule has 2 rings (SSSR count). The Bertz CT molecular complexity index is 490. The van der Waals surface area contributed by atoms with Crippen molar-refractivity contribution in [2.24, 2.45) is 5.92 Å². The third-order valence-corrected chi connectivity index (χ3v) is 5.24. The number of nitrogens with one attached hydrogen (secondary N) is 1. The third kappa shape index (κ3) is 3.94. The normalized spacial score (nSPS) is 19.5. The fourth-order valence-corrected chi connectivity index (χ4v) is 3.52. The Morgan fingerprint density at radius 2 is 2.05 bits per heavy atom. The highest BCUT2D eigenvalue weighted by Crippen LogP contribution is 2.19. The van der Waals surface area contributed by atoms with Crippen LogP contribution in [0.15, 0.2) is 29.2 Å². The Morgan fingerprint density at radius 3 is 2.63 bits per heavy atom. The zero-order valence-electron chi connectivity index (χ0n) is 11.3. The second kappa shape index (κ2) is 6.39. The minimum absolute atomic E-state index is 0.195. The van der Waals surface area contributed by atoms with Crippen LogP contribution in [0.1, 0.15) is 19.8 Å². The molecule has 5 heteroatoms. The number of hydrogen-bond donors (Lipinski definition) is 1. The fraction of sp³-hybridized carbons (Fsp3) is 0.571. The highest BCUT2D eigenvalue weighted by atomic mass is 32.2. The molecule has 0 aliphatic carbocycles. The molecule has 0 amide bonds. The summed E-state index contributed by atoms with van der Waals surface area (Å²) < 4.78 is 29.4. The molecule has 1 fully saturated rings. The van der Waals surface area contributed by atoms with Gasteiger partial charge in [0, 0.05) is 12.5 Å². The molecule has 4 nitrogen and oxygen atoms in total.